The maximum atomic E-state index is 5.97. The van der Waals surface area contributed by atoms with Gasteiger partial charge in [0.05, 0.1) is 13.2 Å². The number of anilines is 1. The van der Waals surface area contributed by atoms with Crippen molar-refractivity contribution < 1.29 is 9.47 Å². The number of ether oxygens (including phenoxy) is 2. The van der Waals surface area contributed by atoms with E-state index in [0.717, 1.165) is 30.0 Å². The molecule has 1 saturated carbocycles. The summed E-state index contributed by atoms with van der Waals surface area (Å²) in [6.45, 7) is 0. The Kier molecular flexibility index (Phi) is 3.54. The van der Waals surface area contributed by atoms with E-state index in [4.69, 9.17) is 9.47 Å². The lowest BCUT2D eigenvalue weighted by Gasteiger charge is -2.16. The second-order valence-electron chi connectivity index (χ2n) is 4.14. The number of methoxy groups -OCH3 is 1. The fourth-order valence-corrected chi connectivity index (χ4v) is 2.11. The van der Waals surface area contributed by atoms with Crippen molar-refractivity contribution >= 4 is 5.69 Å². The minimum Gasteiger partial charge on any atom is -0.493 e. The van der Waals surface area contributed by atoms with Gasteiger partial charge in [-0.25, -0.2) is 0 Å². The molecular formula is C13H19NO2. The molecule has 16 heavy (non-hydrogen) atoms. The third kappa shape index (κ3) is 2.40. The van der Waals surface area contributed by atoms with E-state index < -0.39 is 0 Å². The van der Waals surface area contributed by atoms with Crippen LogP contribution < -0.4 is 14.8 Å². The lowest BCUT2D eigenvalue weighted by Crippen LogP contribution is -2.11. The van der Waals surface area contributed by atoms with Crippen molar-refractivity contribution in [3.05, 3.63) is 18.2 Å². The minimum absolute atomic E-state index is 0.362. The summed E-state index contributed by atoms with van der Waals surface area (Å²) >= 11 is 0. The van der Waals surface area contributed by atoms with E-state index in [9.17, 15) is 0 Å². The van der Waals surface area contributed by atoms with Crippen LogP contribution in [0.4, 0.5) is 5.69 Å². The van der Waals surface area contributed by atoms with Gasteiger partial charge in [-0.2, -0.15) is 0 Å². The van der Waals surface area contributed by atoms with Crippen LogP contribution in [-0.4, -0.2) is 20.3 Å². The SMILES string of the molecule is CNc1ccc(OC)c(OC2CCCC2)c1. The molecule has 1 aromatic carbocycles. The van der Waals surface area contributed by atoms with Crippen LogP contribution in [0.1, 0.15) is 25.7 Å². The summed E-state index contributed by atoms with van der Waals surface area (Å²) in [6.07, 6.45) is 5.23. The number of hydrogen-bond acceptors (Lipinski definition) is 3. The van der Waals surface area contributed by atoms with Gasteiger partial charge in [-0.05, 0) is 37.8 Å². The summed E-state index contributed by atoms with van der Waals surface area (Å²) in [5, 5.41) is 3.11. The van der Waals surface area contributed by atoms with Gasteiger partial charge >= 0.3 is 0 Å². The van der Waals surface area contributed by atoms with Gasteiger partial charge in [-0.1, -0.05) is 0 Å². The van der Waals surface area contributed by atoms with Crippen molar-refractivity contribution in [3.63, 3.8) is 0 Å². The predicted octanol–water partition coefficient (Wildman–Crippen LogP) is 3.06. The molecule has 0 spiro atoms. The van der Waals surface area contributed by atoms with Gasteiger partial charge < -0.3 is 14.8 Å². The van der Waals surface area contributed by atoms with Crippen molar-refractivity contribution in [1.29, 1.82) is 0 Å². The van der Waals surface area contributed by atoms with Gasteiger partial charge in [-0.15, -0.1) is 0 Å². The Bertz CT molecular complexity index is 346. The van der Waals surface area contributed by atoms with Gasteiger partial charge in [0.1, 0.15) is 0 Å². The lowest BCUT2D eigenvalue weighted by atomic mass is 10.2. The van der Waals surface area contributed by atoms with Gasteiger partial charge in [0.15, 0.2) is 11.5 Å². The van der Waals surface area contributed by atoms with Crippen LogP contribution in [0.5, 0.6) is 11.5 Å². The molecule has 0 bridgehead atoms. The number of nitrogens with one attached hydrogen (secondary N) is 1. The predicted molar refractivity (Wildman–Crippen MR) is 65.4 cm³/mol. The van der Waals surface area contributed by atoms with Gasteiger partial charge in [-0.3, -0.25) is 0 Å². The maximum Gasteiger partial charge on any atom is 0.163 e. The van der Waals surface area contributed by atoms with E-state index in [-0.39, 0.29) is 0 Å². The smallest absolute Gasteiger partial charge is 0.163 e. The van der Waals surface area contributed by atoms with Crippen molar-refractivity contribution in [1.82, 2.24) is 0 Å². The first-order valence-electron chi connectivity index (χ1n) is 5.86. The Labute approximate surface area is 96.8 Å². The Hall–Kier alpha value is -1.38. The molecule has 0 saturated heterocycles. The zero-order valence-corrected chi connectivity index (χ0v) is 9.95. The molecule has 3 heteroatoms. The van der Waals surface area contributed by atoms with Crippen LogP contribution in [-0.2, 0) is 0 Å². The molecule has 1 N–H and O–H groups in total. The Morgan fingerprint density at radius 1 is 1.19 bits per heavy atom. The molecule has 1 aliphatic carbocycles. The maximum absolute atomic E-state index is 5.97. The van der Waals surface area contributed by atoms with Gasteiger partial charge in [0, 0.05) is 18.8 Å². The summed E-state index contributed by atoms with van der Waals surface area (Å²) < 4.78 is 11.3. The highest BCUT2D eigenvalue weighted by Crippen LogP contribution is 2.33. The van der Waals surface area contributed by atoms with E-state index in [0.29, 0.717) is 6.10 Å². The molecule has 0 aromatic heterocycles. The molecule has 1 fully saturated rings. The largest absolute Gasteiger partial charge is 0.493 e. The number of benzene rings is 1. The highest BCUT2D eigenvalue weighted by Gasteiger charge is 2.18. The fourth-order valence-electron chi connectivity index (χ4n) is 2.11. The van der Waals surface area contributed by atoms with Crippen molar-refractivity contribution in [2.75, 3.05) is 19.5 Å². The monoisotopic (exact) mass is 221 g/mol. The molecule has 1 aliphatic rings. The molecular weight excluding hydrogens is 202 g/mol. The second-order valence-corrected chi connectivity index (χ2v) is 4.14. The van der Waals surface area contributed by atoms with Crippen LogP contribution in [0.2, 0.25) is 0 Å². The molecule has 3 nitrogen and oxygen atoms in total. The third-order valence-electron chi connectivity index (χ3n) is 3.05. The number of rotatable bonds is 4. The van der Waals surface area contributed by atoms with E-state index in [2.05, 4.69) is 5.32 Å². The first-order chi connectivity index (χ1) is 7.83. The molecule has 0 aliphatic heterocycles. The average molecular weight is 221 g/mol. The zero-order chi connectivity index (χ0) is 11.4. The van der Waals surface area contributed by atoms with E-state index >= 15 is 0 Å². The molecule has 0 amide bonds. The lowest BCUT2D eigenvalue weighted by molar-refractivity contribution is 0.201. The molecule has 0 atom stereocenters. The van der Waals surface area contributed by atoms with Crippen LogP contribution in [0.3, 0.4) is 0 Å². The molecule has 2 rings (SSSR count). The van der Waals surface area contributed by atoms with E-state index in [1.54, 1.807) is 7.11 Å². The summed E-state index contributed by atoms with van der Waals surface area (Å²) in [5.74, 6) is 1.66. The van der Waals surface area contributed by atoms with Gasteiger partial charge in [0.2, 0.25) is 0 Å². The van der Waals surface area contributed by atoms with Crippen LogP contribution in [0.25, 0.3) is 0 Å². The highest BCUT2D eigenvalue weighted by molar-refractivity contribution is 5.54. The second kappa shape index (κ2) is 5.10. The summed E-state index contributed by atoms with van der Waals surface area (Å²) in [4.78, 5) is 0. The molecule has 0 radical (unpaired) electrons. The minimum atomic E-state index is 0.362. The van der Waals surface area contributed by atoms with Crippen LogP contribution in [0, 0.1) is 0 Å². The summed E-state index contributed by atoms with van der Waals surface area (Å²) in [5.41, 5.74) is 1.05. The topological polar surface area (TPSA) is 30.5 Å². The van der Waals surface area contributed by atoms with Crippen molar-refractivity contribution in [2.45, 2.75) is 31.8 Å². The standard InChI is InChI=1S/C13H19NO2/c1-14-10-7-8-12(15-2)13(9-10)16-11-5-3-4-6-11/h7-9,11,14H,3-6H2,1-2H3. The summed E-state index contributed by atoms with van der Waals surface area (Å²) in [6, 6.07) is 5.92. The first kappa shape index (κ1) is 11.1. The quantitative estimate of drug-likeness (QED) is 0.847. The van der Waals surface area contributed by atoms with Gasteiger partial charge in [0.25, 0.3) is 0 Å². The van der Waals surface area contributed by atoms with E-state index in [1.165, 1.54) is 12.8 Å². The summed E-state index contributed by atoms with van der Waals surface area (Å²) in [7, 11) is 3.58. The number of hydrogen-bond donors (Lipinski definition) is 1. The van der Waals surface area contributed by atoms with Crippen molar-refractivity contribution in [2.24, 2.45) is 0 Å². The Morgan fingerprint density at radius 3 is 2.56 bits per heavy atom. The van der Waals surface area contributed by atoms with Crippen LogP contribution in [0.15, 0.2) is 18.2 Å². The fraction of sp³-hybridized carbons (Fsp3) is 0.538. The normalized spacial score (nSPS) is 16.1. The first-order valence-corrected chi connectivity index (χ1v) is 5.86. The zero-order valence-electron chi connectivity index (χ0n) is 9.95. The van der Waals surface area contributed by atoms with Crippen LogP contribution >= 0.6 is 0 Å². The van der Waals surface area contributed by atoms with Crippen molar-refractivity contribution in [3.8, 4) is 11.5 Å². The Morgan fingerprint density at radius 2 is 1.94 bits per heavy atom. The third-order valence-corrected chi connectivity index (χ3v) is 3.05. The molecule has 88 valence electrons. The molecule has 1 aromatic rings. The highest BCUT2D eigenvalue weighted by atomic mass is 16.5. The molecule has 0 heterocycles. The van der Waals surface area contributed by atoms with E-state index in [1.807, 2.05) is 25.2 Å². The Balaban J connectivity index is 2.15. The molecule has 0 unspecified atom stereocenters. The average Bonchev–Trinajstić information content (AvgIpc) is 2.82.